The molecule has 0 saturated carbocycles. The fourth-order valence-electron chi connectivity index (χ4n) is 1.93. The standard InChI is InChI=1S/C16H27NO/c1-5-10-17-11-16(18-12-13(2)3)15-9-7-6-8-14(15)4/h6-9,13,16-17H,5,10-12H2,1-4H3. The van der Waals surface area contributed by atoms with Gasteiger partial charge in [-0.25, -0.2) is 0 Å². The maximum absolute atomic E-state index is 6.05. The van der Waals surface area contributed by atoms with Crippen LogP contribution >= 0.6 is 0 Å². The molecule has 2 heteroatoms. The second-order valence-electron chi connectivity index (χ2n) is 5.28. The lowest BCUT2D eigenvalue weighted by Gasteiger charge is -2.22. The first-order valence-electron chi connectivity index (χ1n) is 7.03. The van der Waals surface area contributed by atoms with Crippen molar-refractivity contribution in [1.82, 2.24) is 5.32 Å². The van der Waals surface area contributed by atoms with Crippen molar-refractivity contribution in [3.63, 3.8) is 0 Å². The van der Waals surface area contributed by atoms with Gasteiger partial charge in [-0.2, -0.15) is 0 Å². The average molecular weight is 249 g/mol. The van der Waals surface area contributed by atoms with E-state index in [0.29, 0.717) is 5.92 Å². The SMILES string of the molecule is CCCNCC(OCC(C)C)c1ccccc1C. The van der Waals surface area contributed by atoms with Gasteiger partial charge in [-0.15, -0.1) is 0 Å². The highest BCUT2D eigenvalue weighted by molar-refractivity contribution is 5.28. The summed E-state index contributed by atoms with van der Waals surface area (Å²) in [4.78, 5) is 0. The number of nitrogens with one attached hydrogen (secondary N) is 1. The molecule has 18 heavy (non-hydrogen) atoms. The molecule has 0 saturated heterocycles. The second-order valence-corrected chi connectivity index (χ2v) is 5.28. The Morgan fingerprint density at radius 2 is 1.94 bits per heavy atom. The molecule has 2 nitrogen and oxygen atoms in total. The molecule has 1 N–H and O–H groups in total. The van der Waals surface area contributed by atoms with Gasteiger partial charge in [-0.05, 0) is 36.9 Å². The van der Waals surface area contributed by atoms with Crippen molar-refractivity contribution in [2.24, 2.45) is 5.92 Å². The van der Waals surface area contributed by atoms with E-state index >= 15 is 0 Å². The van der Waals surface area contributed by atoms with Crippen LogP contribution < -0.4 is 5.32 Å². The van der Waals surface area contributed by atoms with Gasteiger partial charge in [0.1, 0.15) is 0 Å². The molecule has 1 unspecified atom stereocenters. The van der Waals surface area contributed by atoms with Crippen LogP contribution in [0.3, 0.4) is 0 Å². The van der Waals surface area contributed by atoms with Crippen molar-refractivity contribution in [2.45, 2.75) is 40.2 Å². The second kappa shape index (κ2) is 8.28. The molecule has 1 aromatic carbocycles. The number of aryl methyl sites for hydroxylation is 1. The van der Waals surface area contributed by atoms with E-state index in [0.717, 1.165) is 26.1 Å². The smallest absolute Gasteiger partial charge is 0.0951 e. The lowest BCUT2D eigenvalue weighted by atomic mass is 10.0. The minimum atomic E-state index is 0.167. The summed E-state index contributed by atoms with van der Waals surface area (Å²) < 4.78 is 6.05. The minimum Gasteiger partial charge on any atom is -0.372 e. The van der Waals surface area contributed by atoms with Gasteiger partial charge >= 0.3 is 0 Å². The van der Waals surface area contributed by atoms with Crippen LogP contribution in [0.25, 0.3) is 0 Å². The molecule has 0 heterocycles. The zero-order valence-electron chi connectivity index (χ0n) is 12.2. The van der Waals surface area contributed by atoms with Crippen LogP contribution in [0.1, 0.15) is 44.4 Å². The predicted octanol–water partition coefficient (Wildman–Crippen LogP) is 3.71. The van der Waals surface area contributed by atoms with Crippen LogP contribution in [-0.2, 0) is 4.74 Å². The monoisotopic (exact) mass is 249 g/mol. The largest absolute Gasteiger partial charge is 0.372 e. The van der Waals surface area contributed by atoms with Crippen LogP contribution in [-0.4, -0.2) is 19.7 Å². The molecule has 0 aliphatic heterocycles. The van der Waals surface area contributed by atoms with E-state index in [2.05, 4.69) is 57.3 Å². The van der Waals surface area contributed by atoms with Crippen molar-refractivity contribution in [1.29, 1.82) is 0 Å². The van der Waals surface area contributed by atoms with Crippen LogP contribution in [0.15, 0.2) is 24.3 Å². The predicted molar refractivity (Wildman–Crippen MR) is 77.9 cm³/mol. The van der Waals surface area contributed by atoms with E-state index in [1.165, 1.54) is 11.1 Å². The Kier molecular flexibility index (Phi) is 6.99. The maximum Gasteiger partial charge on any atom is 0.0951 e. The Bertz CT molecular complexity index is 336. The Morgan fingerprint density at radius 1 is 1.22 bits per heavy atom. The third-order valence-corrected chi connectivity index (χ3v) is 2.92. The van der Waals surface area contributed by atoms with Crippen molar-refractivity contribution in [3.05, 3.63) is 35.4 Å². The summed E-state index contributed by atoms with van der Waals surface area (Å²) >= 11 is 0. The molecule has 0 bridgehead atoms. The van der Waals surface area contributed by atoms with Crippen molar-refractivity contribution in [2.75, 3.05) is 19.7 Å². The lowest BCUT2D eigenvalue weighted by molar-refractivity contribution is 0.0349. The number of benzene rings is 1. The van der Waals surface area contributed by atoms with Crippen LogP contribution in [0.4, 0.5) is 0 Å². The van der Waals surface area contributed by atoms with Crippen LogP contribution in [0.5, 0.6) is 0 Å². The number of ether oxygens (including phenoxy) is 1. The van der Waals surface area contributed by atoms with Gasteiger partial charge in [0.05, 0.1) is 6.10 Å². The summed E-state index contributed by atoms with van der Waals surface area (Å²) in [6, 6.07) is 8.50. The van der Waals surface area contributed by atoms with Crippen molar-refractivity contribution >= 4 is 0 Å². The quantitative estimate of drug-likeness (QED) is 0.709. The lowest BCUT2D eigenvalue weighted by Crippen LogP contribution is -2.25. The third kappa shape index (κ3) is 5.19. The van der Waals surface area contributed by atoms with Crippen molar-refractivity contribution in [3.8, 4) is 0 Å². The molecule has 0 fully saturated rings. The highest BCUT2D eigenvalue weighted by Gasteiger charge is 2.14. The first-order valence-corrected chi connectivity index (χ1v) is 7.03. The third-order valence-electron chi connectivity index (χ3n) is 2.92. The Labute approximate surface area is 112 Å². The van der Waals surface area contributed by atoms with Gasteiger partial charge in [0, 0.05) is 13.2 Å². The molecule has 1 aromatic rings. The highest BCUT2D eigenvalue weighted by Crippen LogP contribution is 2.21. The van der Waals surface area contributed by atoms with E-state index in [1.807, 2.05) is 0 Å². The molecule has 0 amide bonds. The Balaban J connectivity index is 2.66. The van der Waals surface area contributed by atoms with Gasteiger partial charge in [0.25, 0.3) is 0 Å². The zero-order valence-corrected chi connectivity index (χ0v) is 12.2. The molecule has 1 rings (SSSR count). The van der Waals surface area contributed by atoms with Gasteiger partial charge in [0.2, 0.25) is 0 Å². The van der Waals surface area contributed by atoms with E-state index < -0.39 is 0 Å². The van der Waals surface area contributed by atoms with Crippen LogP contribution in [0.2, 0.25) is 0 Å². The van der Waals surface area contributed by atoms with Gasteiger partial charge in [-0.1, -0.05) is 45.0 Å². The molecule has 0 radical (unpaired) electrons. The Hall–Kier alpha value is -0.860. The van der Waals surface area contributed by atoms with Crippen LogP contribution in [0, 0.1) is 12.8 Å². The maximum atomic E-state index is 6.05. The molecule has 0 spiro atoms. The van der Waals surface area contributed by atoms with Crippen molar-refractivity contribution < 1.29 is 4.74 Å². The highest BCUT2D eigenvalue weighted by atomic mass is 16.5. The molecule has 0 aliphatic carbocycles. The number of hydrogen-bond donors (Lipinski definition) is 1. The van der Waals surface area contributed by atoms with E-state index in [1.54, 1.807) is 0 Å². The molecular weight excluding hydrogens is 222 g/mol. The summed E-state index contributed by atoms with van der Waals surface area (Å²) in [5, 5.41) is 3.46. The summed E-state index contributed by atoms with van der Waals surface area (Å²) in [5.74, 6) is 0.572. The minimum absolute atomic E-state index is 0.167. The fourth-order valence-corrected chi connectivity index (χ4v) is 1.93. The molecule has 0 aromatic heterocycles. The van der Waals surface area contributed by atoms with E-state index in [-0.39, 0.29) is 6.10 Å². The van der Waals surface area contributed by atoms with Gasteiger partial charge in [-0.3, -0.25) is 0 Å². The van der Waals surface area contributed by atoms with Gasteiger partial charge in [0.15, 0.2) is 0 Å². The Morgan fingerprint density at radius 3 is 2.56 bits per heavy atom. The summed E-state index contributed by atoms with van der Waals surface area (Å²) in [7, 11) is 0. The number of hydrogen-bond acceptors (Lipinski definition) is 2. The molecule has 0 aliphatic rings. The van der Waals surface area contributed by atoms with Gasteiger partial charge < -0.3 is 10.1 Å². The number of rotatable bonds is 8. The van der Waals surface area contributed by atoms with E-state index in [9.17, 15) is 0 Å². The topological polar surface area (TPSA) is 21.3 Å². The summed E-state index contributed by atoms with van der Waals surface area (Å²) in [6.45, 7) is 11.5. The first kappa shape index (κ1) is 15.2. The molecular formula is C16H27NO. The summed E-state index contributed by atoms with van der Waals surface area (Å²) in [5.41, 5.74) is 2.62. The first-order chi connectivity index (χ1) is 8.65. The molecule has 102 valence electrons. The summed E-state index contributed by atoms with van der Waals surface area (Å²) in [6.07, 6.45) is 1.32. The van der Waals surface area contributed by atoms with E-state index in [4.69, 9.17) is 4.74 Å². The average Bonchev–Trinajstić information content (AvgIpc) is 2.34. The fraction of sp³-hybridized carbons (Fsp3) is 0.625. The molecule has 1 atom stereocenters. The normalized spacial score (nSPS) is 12.9. The zero-order chi connectivity index (χ0) is 13.4.